The minimum absolute atomic E-state index is 0.106. The van der Waals surface area contributed by atoms with Gasteiger partial charge in [0.2, 0.25) is 0 Å². The van der Waals surface area contributed by atoms with E-state index in [2.05, 4.69) is 24.4 Å². The Labute approximate surface area is 115 Å². The number of aryl methyl sites for hydroxylation is 1. The molecular formula is C16H23NO2. The fourth-order valence-electron chi connectivity index (χ4n) is 2.70. The van der Waals surface area contributed by atoms with Gasteiger partial charge in [0.25, 0.3) is 0 Å². The molecule has 1 aliphatic rings. The minimum Gasteiger partial charge on any atom is -0.465 e. The minimum atomic E-state index is -0.180. The van der Waals surface area contributed by atoms with Gasteiger partial charge in [-0.25, -0.2) is 0 Å². The molecule has 0 amide bonds. The number of piperidine rings is 1. The molecule has 0 radical (unpaired) electrons. The molecule has 2 rings (SSSR count). The molecule has 1 aromatic rings. The topological polar surface area (TPSA) is 38.3 Å². The van der Waals surface area contributed by atoms with E-state index in [0.29, 0.717) is 6.61 Å². The SMILES string of the molecule is CCOC(=O)C(c1ccc(C)cc1)C1CCCCN1. The molecule has 2 unspecified atom stereocenters. The van der Waals surface area contributed by atoms with Crippen molar-refractivity contribution in [1.82, 2.24) is 5.32 Å². The molecule has 0 aromatic heterocycles. The summed E-state index contributed by atoms with van der Waals surface area (Å²) in [5, 5.41) is 3.47. The van der Waals surface area contributed by atoms with Crippen molar-refractivity contribution in [2.75, 3.05) is 13.2 Å². The molecule has 1 heterocycles. The van der Waals surface area contributed by atoms with Crippen molar-refractivity contribution >= 4 is 5.97 Å². The van der Waals surface area contributed by atoms with E-state index in [1.54, 1.807) is 0 Å². The van der Waals surface area contributed by atoms with E-state index in [0.717, 1.165) is 18.5 Å². The van der Waals surface area contributed by atoms with E-state index in [4.69, 9.17) is 4.74 Å². The number of carbonyl (C=O) groups is 1. The van der Waals surface area contributed by atoms with Crippen molar-refractivity contribution in [3.63, 3.8) is 0 Å². The second-order valence-electron chi connectivity index (χ2n) is 5.20. The molecule has 0 saturated carbocycles. The van der Waals surface area contributed by atoms with Crippen molar-refractivity contribution in [2.24, 2.45) is 0 Å². The fourth-order valence-corrected chi connectivity index (χ4v) is 2.70. The van der Waals surface area contributed by atoms with Crippen LogP contribution in [-0.2, 0) is 9.53 Å². The Morgan fingerprint density at radius 2 is 2.11 bits per heavy atom. The highest BCUT2D eigenvalue weighted by Crippen LogP contribution is 2.27. The van der Waals surface area contributed by atoms with Crippen molar-refractivity contribution < 1.29 is 9.53 Å². The summed E-state index contributed by atoms with van der Waals surface area (Å²) >= 11 is 0. The number of benzene rings is 1. The highest BCUT2D eigenvalue weighted by molar-refractivity contribution is 5.79. The average Bonchev–Trinajstić information content (AvgIpc) is 2.43. The molecule has 2 atom stereocenters. The van der Waals surface area contributed by atoms with Crippen LogP contribution in [-0.4, -0.2) is 25.2 Å². The van der Waals surface area contributed by atoms with Crippen LogP contribution in [0.1, 0.15) is 43.2 Å². The lowest BCUT2D eigenvalue weighted by Crippen LogP contribution is -2.42. The molecule has 104 valence electrons. The number of hydrogen-bond donors (Lipinski definition) is 1. The van der Waals surface area contributed by atoms with Gasteiger partial charge in [0.1, 0.15) is 0 Å². The molecule has 0 bridgehead atoms. The zero-order valence-electron chi connectivity index (χ0n) is 11.8. The Morgan fingerprint density at radius 1 is 1.37 bits per heavy atom. The smallest absolute Gasteiger partial charge is 0.315 e. The highest BCUT2D eigenvalue weighted by atomic mass is 16.5. The van der Waals surface area contributed by atoms with Crippen LogP contribution in [0, 0.1) is 6.92 Å². The van der Waals surface area contributed by atoms with Crippen LogP contribution in [0.2, 0.25) is 0 Å². The number of carbonyl (C=O) groups excluding carboxylic acids is 1. The first kappa shape index (κ1) is 14.1. The zero-order chi connectivity index (χ0) is 13.7. The van der Waals surface area contributed by atoms with Gasteiger partial charge < -0.3 is 10.1 Å². The first-order chi connectivity index (χ1) is 9.22. The third-order valence-corrected chi connectivity index (χ3v) is 3.73. The Morgan fingerprint density at radius 3 is 2.68 bits per heavy atom. The number of rotatable bonds is 4. The maximum atomic E-state index is 12.3. The summed E-state index contributed by atoms with van der Waals surface area (Å²) in [6.45, 7) is 5.35. The third-order valence-electron chi connectivity index (χ3n) is 3.73. The van der Waals surface area contributed by atoms with Gasteiger partial charge in [-0.05, 0) is 38.8 Å². The van der Waals surface area contributed by atoms with Crippen LogP contribution in [0.4, 0.5) is 0 Å². The molecule has 0 aliphatic carbocycles. The number of nitrogens with one attached hydrogen (secondary N) is 1. The van der Waals surface area contributed by atoms with Gasteiger partial charge in [0, 0.05) is 6.04 Å². The van der Waals surface area contributed by atoms with Gasteiger partial charge in [0.15, 0.2) is 0 Å². The van der Waals surface area contributed by atoms with E-state index in [1.165, 1.54) is 18.4 Å². The van der Waals surface area contributed by atoms with Gasteiger partial charge in [-0.2, -0.15) is 0 Å². The van der Waals surface area contributed by atoms with Crippen LogP contribution in [0.3, 0.4) is 0 Å². The van der Waals surface area contributed by atoms with E-state index in [9.17, 15) is 4.79 Å². The van der Waals surface area contributed by atoms with Gasteiger partial charge in [0.05, 0.1) is 12.5 Å². The molecule has 3 heteroatoms. The second kappa shape index (κ2) is 6.71. The molecule has 1 N–H and O–H groups in total. The maximum Gasteiger partial charge on any atom is 0.315 e. The molecule has 1 aliphatic heterocycles. The lowest BCUT2D eigenvalue weighted by molar-refractivity contribution is -0.145. The monoisotopic (exact) mass is 261 g/mol. The lowest BCUT2D eigenvalue weighted by atomic mass is 9.86. The van der Waals surface area contributed by atoms with Gasteiger partial charge >= 0.3 is 5.97 Å². The van der Waals surface area contributed by atoms with E-state index < -0.39 is 0 Å². The largest absolute Gasteiger partial charge is 0.465 e. The van der Waals surface area contributed by atoms with E-state index in [-0.39, 0.29) is 17.9 Å². The summed E-state index contributed by atoms with van der Waals surface area (Å²) in [5.74, 6) is -0.286. The van der Waals surface area contributed by atoms with Crippen LogP contribution in [0.5, 0.6) is 0 Å². The normalized spacial score (nSPS) is 20.8. The van der Waals surface area contributed by atoms with Crippen molar-refractivity contribution in [1.29, 1.82) is 0 Å². The molecule has 1 fully saturated rings. The molecule has 1 aromatic carbocycles. The van der Waals surface area contributed by atoms with Crippen LogP contribution < -0.4 is 5.32 Å². The number of hydrogen-bond acceptors (Lipinski definition) is 3. The van der Waals surface area contributed by atoms with E-state index >= 15 is 0 Å². The Bertz CT molecular complexity index is 407. The second-order valence-corrected chi connectivity index (χ2v) is 5.20. The predicted octanol–water partition coefficient (Wildman–Crippen LogP) is 2.78. The summed E-state index contributed by atoms with van der Waals surface area (Å²) in [6.07, 6.45) is 3.41. The van der Waals surface area contributed by atoms with Crippen molar-refractivity contribution in [3.8, 4) is 0 Å². The van der Waals surface area contributed by atoms with Gasteiger partial charge in [-0.3, -0.25) is 4.79 Å². The molecule has 0 spiro atoms. The van der Waals surface area contributed by atoms with Gasteiger partial charge in [-0.15, -0.1) is 0 Å². The predicted molar refractivity (Wildman–Crippen MR) is 76.2 cm³/mol. The number of ether oxygens (including phenoxy) is 1. The Hall–Kier alpha value is -1.35. The molecular weight excluding hydrogens is 238 g/mol. The summed E-state index contributed by atoms with van der Waals surface area (Å²) in [5.41, 5.74) is 2.27. The fraction of sp³-hybridized carbons (Fsp3) is 0.562. The van der Waals surface area contributed by atoms with Crippen LogP contribution in [0.25, 0.3) is 0 Å². The summed E-state index contributed by atoms with van der Waals surface area (Å²) < 4.78 is 5.26. The summed E-state index contributed by atoms with van der Waals surface area (Å²) in [7, 11) is 0. The first-order valence-electron chi connectivity index (χ1n) is 7.19. The van der Waals surface area contributed by atoms with Crippen LogP contribution in [0.15, 0.2) is 24.3 Å². The van der Waals surface area contributed by atoms with Crippen LogP contribution >= 0.6 is 0 Å². The van der Waals surface area contributed by atoms with Gasteiger partial charge in [-0.1, -0.05) is 36.2 Å². The first-order valence-corrected chi connectivity index (χ1v) is 7.19. The lowest BCUT2D eigenvalue weighted by Gasteiger charge is -2.30. The average molecular weight is 261 g/mol. The Kier molecular flexibility index (Phi) is 4.97. The quantitative estimate of drug-likeness (QED) is 0.847. The van der Waals surface area contributed by atoms with Crippen molar-refractivity contribution in [2.45, 2.75) is 45.1 Å². The van der Waals surface area contributed by atoms with E-state index in [1.807, 2.05) is 19.1 Å². The molecule has 1 saturated heterocycles. The highest BCUT2D eigenvalue weighted by Gasteiger charge is 2.31. The Balaban J connectivity index is 2.22. The summed E-state index contributed by atoms with van der Waals surface area (Å²) in [6, 6.07) is 8.42. The number of esters is 1. The summed E-state index contributed by atoms with van der Waals surface area (Å²) in [4.78, 5) is 12.3. The molecule has 19 heavy (non-hydrogen) atoms. The van der Waals surface area contributed by atoms with Crippen molar-refractivity contribution in [3.05, 3.63) is 35.4 Å². The third kappa shape index (κ3) is 3.57. The zero-order valence-corrected chi connectivity index (χ0v) is 11.8. The molecule has 3 nitrogen and oxygen atoms in total. The maximum absolute atomic E-state index is 12.3. The standard InChI is InChI=1S/C16H23NO2/c1-3-19-16(18)15(14-6-4-5-11-17-14)13-9-7-12(2)8-10-13/h7-10,14-15,17H,3-6,11H2,1-2H3.